The van der Waals surface area contributed by atoms with Crippen LogP contribution in [0.25, 0.3) is 6.08 Å². The molecule has 0 aromatic heterocycles. The molecule has 0 aliphatic heterocycles. The zero-order valence-corrected chi connectivity index (χ0v) is 14.5. The molecule has 0 spiro atoms. The van der Waals surface area contributed by atoms with Gasteiger partial charge in [0.1, 0.15) is 11.6 Å². The number of amides is 1. The van der Waals surface area contributed by atoms with Gasteiger partial charge in [0.05, 0.1) is 7.11 Å². The third kappa shape index (κ3) is 4.37. The summed E-state index contributed by atoms with van der Waals surface area (Å²) >= 11 is 3.29. The molecule has 122 valence electrons. The molecule has 0 atom stereocenters. The summed E-state index contributed by atoms with van der Waals surface area (Å²) in [7, 11) is 1.42. The molecule has 2 aromatic carbocycles. The molecule has 5 nitrogen and oxygen atoms in total. The number of hydrogen-bond donors (Lipinski definition) is 2. The van der Waals surface area contributed by atoms with Crippen molar-refractivity contribution >= 4 is 27.9 Å². The molecule has 0 unspecified atom stereocenters. The number of nitrogens with zero attached hydrogens (tertiary/aromatic N) is 1. The third-order valence-corrected chi connectivity index (χ3v) is 3.71. The Morgan fingerprint density at radius 2 is 2.08 bits per heavy atom. The van der Waals surface area contributed by atoms with Crippen LogP contribution < -0.4 is 10.1 Å². The molecule has 0 bridgehead atoms. The summed E-state index contributed by atoms with van der Waals surface area (Å²) in [5.74, 6) is -0.401. The maximum absolute atomic E-state index is 12.2. The summed E-state index contributed by atoms with van der Waals surface area (Å²) in [6.07, 6.45) is 1.32. The van der Waals surface area contributed by atoms with Crippen molar-refractivity contribution in [2.45, 2.75) is 6.54 Å². The van der Waals surface area contributed by atoms with E-state index in [2.05, 4.69) is 21.2 Å². The maximum Gasteiger partial charge on any atom is 0.262 e. The Kier molecular flexibility index (Phi) is 5.99. The molecule has 2 rings (SSSR count). The van der Waals surface area contributed by atoms with E-state index in [1.54, 1.807) is 12.1 Å². The summed E-state index contributed by atoms with van der Waals surface area (Å²) < 4.78 is 5.71. The SMILES string of the molecule is COc1cc(Br)cc(/C=C(/C#N)C(=O)NCc2ccccc2)c1O. The maximum atomic E-state index is 12.2. The van der Waals surface area contributed by atoms with Gasteiger partial charge in [-0.05, 0) is 23.8 Å². The molecule has 0 radical (unpaired) electrons. The van der Waals surface area contributed by atoms with E-state index in [4.69, 9.17) is 4.74 Å². The fourth-order valence-corrected chi connectivity index (χ4v) is 2.49. The standard InChI is InChI=1S/C18H15BrN2O3/c1-24-16-9-15(19)8-13(17(16)22)7-14(10-20)18(23)21-11-12-5-3-2-4-6-12/h2-9,22H,11H2,1H3,(H,21,23)/b14-7-. The first kappa shape index (κ1) is 17.6. The zero-order valence-electron chi connectivity index (χ0n) is 12.9. The summed E-state index contributed by atoms with van der Waals surface area (Å²) in [4.78, 5) is 12.2. The highest BCUT2D eigenvalue weighted by atomic mass is 79.9. The van der Waals surface area contributed by atoms with Crippen LogP contribution in [0.2, 0.25) is 0 Å². The van der Waals surface area contributed by atoms with Gasteiger partial charge < -0.3 is 15.2 Å². The second kappa shape index (κ2) is 8.18. The lowest BCUT2D eigenvalue weighted by molar-refractivity contribution is -0.117. The number of carbonyl (C=O) groups is 1. The molecule has 6 heteroatoms. The summed E-state index contributed by atoms with van der Waals surface area (Å²) in [6.45, 7) is 0.312. The van der Waals surface area contributed by atoms with Gasteiger partial charge in [0.2, 0.25) is 0 Å². The van der Waals surface area contributed by atoms with Crippen molar-refractivity contribution in [1.29, 1.82) is 5.26 Å². The number of hydrogen-bond acceptors (Lipinski definition) is 4. The number of phenolic OH excluding ortho intramolecular Hbond substituents is 1. The molecule has 0 saturated carbocycles. The second-order valence-corrected chi connectivity index (χ2v) is 5.80. The van der Waals surface area contributed by atoms with Gasteiger partial charge in [-0.2, -0.15) is 5.26 Å². The minimum Gasteiger partial charge on any atom is -0.504 e. The van der Waals surface area contributed by atoms with Crippen molar-refractivity contribution in [2.24, 2.45) is 0 Å². The van der Waals surface area contributed by atoms with Crippen LogP contribution in [-0.2, 0) is 11.3 Å². The van der Waals surface area contributed by atoms with Gasteiger partial charge in [0.15, 0.2) is 11.5 Å². The van der Waals surface area contributed by atoms with Crippen LogP contribution in [0, 0.1) is 11.3 Å². The fraction of sp³-hybridized carbons (Fsp3) is 0.111. The van der Waals surface area contributed by atoms with Gasteiger partial charge in [-0.15, -0.1) is 0 Å². The van der Waals surface area contributed by atoms with E-state index in [-0.39, 0.29) is 17.1 Å². The smallest absolute Gasteiger partial charge is 0.262 e. The first-order chi connectivity index (χ1) is 11.5. The van der Waals surface area contributed by atoms with Crippen molar-refractivity contribution in [3.63, 3.8) is 0 Å². The predicted molar refractivity (Wildman–Crippen MR) is 94.2 cm³/mol. The Balaban J connectivity index is 2.22. The zero-order chi connectivity index (χ0) is 17.5. The topological polar surface area (TPSA) is 82.3 Å². The first-order valence-corrected chi connectivity index (χ1v) is 7.85. The van der Waals surface area contributed by atoms with Crippen molar-refractivity contribution in [1.82, 2.24) is 5.32 Å². The number of methoxy groups -OCH3 is 1. The van der Waals surface area contributed by atoms with E-state index in [9.17, 15) is 15.2 Å². The lowest BCUT2D eigenvalue weighted by atomic mass is 10.1. The Morgan fingerprint density at radius 3 is 2.71 bits per heavy atom. The quantitative estimate of drug-likeness (QED) is 0.609. The van der Waals surface area contributed by atoms with E-state index in [0.717, 1.165) is 5.56 Å². The molecule has 0 aliphatic rings. The normalized spacial score (nSPS) is 10.8. The number of benzene rings is 2. The van der Waals surface area contributed by atoms with Gasteiger partial charge in [0.25, 0.3) is 5.91 Å². The van der Waals surface area contributed by atoms with E-state index in [1.807, 2.05) is 36.4 Å². The molecule has 0 saturated heterocycles. The Labute approximate surface area is 148 Å². The largest absolute Gasteiger partial charge is 0.504 e. The molecule has 0 heterocycles. The number of phenols is 1. The number of nitriles is 1. The van der Waals surface area contributed by atoms with Crippen LogP contribution in [0.4, 0.5) is 0 Å². The lowest BCUT2D eigenvalue weighted by Gasteiger charge is -2.08. The van der Waals surface area contributed by atoms with Crippen LogP contribution in [0.3, 0.4) is 0 Å². The molecule has 1 amide bonds. The molecule has 0 aliphatic carbocycles. The van der Waals surface area contributed by atoms with E-state index >= 15 is 0 Å². The van der Waals surface area contributed by atoms with Crippen molar-refractivity contribution < 1.29 is 14.6 Å². The van der Waals surface area contributed by atoms with Crippen LogP contribution in [0.5, 0.6) is 11.5 Å². The number of rotatable bonds is 5. The third-order valence-electron chi connectivity index (χ3n) is 3.25. The monoisotopic (exact) mass is 386 g/mol. The molecule has 24 heavy (non-hydrogen) atoms. The van der Waals surface area contributed by atoms with Crippen molar-refractivity contribution in [3.05, 3.63) is 63.6 Å². The van der Waals surface area contributed by atoms with Gasteiger partial charge in [-0.1, -0.05) is 46.3 Å². The number of ether oxygens (including phenoxy) is 1. The van der Waals surface area contributed by atoms with E-state index in [1.165, 1.54) is 13.2 Å². The molecular weight excluding hydrogens is 372 g/mol. The number of halogens is 1. The molecular formula is C18H15BrN2O3. The summed E-state index contributed by atoms with van der Waals surface area (Å²) in [5, 5.41) is 22.0. The predicted octanol–water partition coefficient (Wildman–Crippen LogP) is 3.39. The van der Waals surface area contributed by atoms with E-state index in [0.29, 0.717) is 16.6 Å². The highest BCUT2D eigenvalue weighted by Crippen LogP contribution is 2.34. The minimum absolute atomic E-state index is 0.110. The first-order valence-electron chi connectivity index (χ1n) is 7.05. The Morgan fingerprint density at radius 1 is 1.38 bits per heavy atom. The highest BCUT2D eigenvalue weighted by molar-refractivity contribution is 9.10. The summed E-state index contributed by atoms with van der Waals surface area (Å²) in [5.41, 5.74) is 1.13. The second-order valence-electron chi connectivity index (χ2n) is 4.88. The average molecular weight is 387 g/mol. The van der Waals surface area contributed by atoms with Gasteiger partial charge in [-0.25, -0.2) is 0 Å². The number of aromatic hydroxyl groups is 1. The number of nitrogens with one attached hydrogen (secondary N) is 1. The van der Waals surface area contributed by atoms with Crippen molar-refractivity contribution in [2.75, 3.05) is 7.11 Å². The summed E-state index contributed by atoms with van der Waals surface area (Å²) in [6, 6.07) is 14.4. The molecule has 2 N–H and O–H groups in total. The Hall–Kier alpha value is -2.78. The van der Waals surface area contributed by atoms with Crippen LogP contribution in [-0.4, -0.2) is 18.1 Å². The average Bonchev–Trinajstić information content (AvgIpc) is 2.60. The van der Waals surface area contributed by atoms with E-state index < -0.39 is 5.91 Å². The molecule has 2 aromatic rings. The van der Waals surface area contributed by atoms with Gasteiger partial charge >= 0.3 is 0 Å². The van der Waals surface area contributed by atoms with Crippen molar-refractivity contribution in [3.8, 4) is 17.6 Å². The lowest BCUT2D eigenvalue weighted by Crippen LogP contribution is -2.23. The molecule has 0 fully saturated rings. The van der Waals surface area contributed by atoms with Crippen LogP contribution >= 0.6 is 15.9 Å². The number of carbonyl (C=O) groups excluding carboxylic acids is 1. The Bertz CT molecular complexity index is 811. The van der Waals surface area contributed by atoms with Gasteiger partial charge in [-0.3, -0.25) is 4.79 Å². The minimum atomic E-state index is -0.514. The fourth-order valence-electron chi connectivity index (χ4n) is 2.04. The highest BCUT2D eigenvalue weighted by Gasteiger charge is 2.13. The van der Waals surface area contributed by atoms with Crippen LogP contribution in [0.1, 0.15) is 11.1 Å². The van der Waals surface area contributed by atoms with Crippen LogP contribution in [0.15, 0.2) is 52.5 Å². The van der Waals surface area contributed by atoms with Gasteiger partial charge in [0, 0.05) is 16.6 Å².